The monoisotopic (exact) mass is 264 g/mol. The Balaban J connectivity index is 2.03. The Bertz CT molecular complexity index is 507. The van der Waals surface area contributed by atoms with Crippen molar-refractivity contribution in [2.75, 3.05) is 5.75 Å². The van der Waals surface area contributed by atoms with Crippen LogP contribution in [0.5, 0.6) is 0 Å². The highest BCUT2D eigenvalue weighted by molar-refractivity contribution is 8.03. The van der Waals surface area contributed by atoms with E-state index in [-0.39, 0.29) is 5.92 Å². The van der Waals surface area contributed by atoms with Crippen molar-refractivity contribution in [2.45, 2.75) is 25.2 Å². The number of benzene rings is 1. The highest BCUT2D eigenvalue weighted by Gasteiger charge is 2.34. The molecule has 1 nitrogen and oxygen atoms in total. The molecule has 0 aromatic heterocycles. The standard InChI is InChI=1S/C14H13ClOS/c15-11-5-2-1-4-9(11)10-8-17-13-7-3-6-12(16)14(10)13/h1-2,4-5,10H,3,6-8H2. The minimum atomic E-state index is 0.219. The zero-order valence-corrected chi connectivity index (χ0v) is 11.0. The molecule has 0 saturated carbocycles. The summed E-state index contributed by atoms with van der Waals surface area (Å²) in [5.41, 5.74) is 2.16. The summed E-state index contributed by atoms with van der Waals surface area (Å²) in [6, 6.07) is 7.89. The molecule has 0 amide bonds. The second-order valence-corrected chi connectivity index (χ2v) is 6.02. The predicted octanol–water partition coefficient (Wildman–Crippen LogP) is 4.18. The van der Waals surface area contributed by atoms with Crippen molar-refractivity contribution in [3.8, 4) is 0 Å². The van der Waals surface area contributed by atoms with Gasteiger partial charge in [-0.25, -0.2) is 0 Å². The Morgan fingerprint density at radius 2 is 2.06 bits per heavy atom. The summed E-state index contributed by atoms with van der Waals surface area (Å²) < 4.78 is 0. The number of Topliss-reactive ketones (excluding diaryl/α,β-unsaturated/α-hetero) is 1. The van der Waals surface area contributed by atoms with Crippen LogP contribution in [0.1, 0.15) is 30.7 Å². The Hall–Kier alpha value is -0.730. The summed E-state index contributed by atoms with van der Waals surface area (Å²) in [7, 11) is 0. The van der Waals surface area contributed by atoms with Crippen LogP contribution >= 0.6 is 23.4 Å². The lowest BCUT2D eigenvalue weighted by Crippen LogP contribution is -2.14. The van der Waals surface area contributed by atoms with Crippen molar-refractivity contribution < 1.29 is 4.79 Å². The van der Waals surface area contributed by atoms with Gasteiger partial charge in [0.25, 0.3) is 0 Å². The molecule has 1 aliphatic carbocycles. The van der Waals surface area contributed by atoms with Gasteiger partial charge >= 0.3 is 0 Å². The maximum Gasteiger partial charge on any atom is 0.160 e. The van der Waals surface area contributed by atoms with Gasteiger partial charge in [-0.15, -0.1) is 11.8 Å². The van der Waals surface area contributed by atoms with Gasteiger partial charge in [-0.2, -0.15) is 0 Å². The van der Waals surface area contributed by atoms with E-state index in [2.05, 4.69) is 0 Å². The number of thioether (sulfide) groups is 1. The second-order valence-electron chi connectivity index (χ2n) is 4.50. The molecule has 3 rings (SSSR count). The molecule has 1 aromatic carbocycles. The van der Waals surface area contributed by atoms with Crippen LogP contribution in [0, 0.1) is 0 Å². The van der Waals surface area contributed by atoms with Crippen LogP contribution in [0.4, 0.5) is 0 Å². The van der Waals surface area contributed by atoms with Crippen molar-refractivity contribution in [2.24, 2.45) is 0 Å². The summed E-state index contributed by atoms with van der Waals surface area (Å²) in [5, 5.41) is 0.783. The predicted molar refractivity (Wildman–Crippen MR) is 72.5 cm³/mol. The maximum atomic E-state index is 12.1. The normalized spacial score (nSPS) is 24.1. The number of hydrogen-bond donors (Lipinski definition) is 0. The molecule has 1 unspecified atom stereocenters. The van der Waals surface area contributed by atoms with E-state index in [4.69, 9.17) is 11.6 Å². The third kappa shape index (κ3) is 1.94. The summed E-state index contributed by atoms with van der Waals surface area (Å²) in [5.74, 6) is 1.53. The molecule has 2 aliphatic rings. The first-order chi connectivity index (χ1) is 8.27. The van der Waals surface area contributed by atoms with E-state index < -0.39 is 0 Å². The SMILES string of the molecule is O=C1CCCC2=C1C(c1ccccc1Cl)CS2. The largest absolute Gasteiger partial charge is 0.295 e. The molecule has 17 heavy (non-hydrogen) atoms. The summed E-state index contributed by atoms with van der Waals surface area (Å²) in [4.78, 5) is 13.4. The molecular formula is C14H13ClOS. The van der Waals surface area contributed by atoms with Crippen LogP contribution in [0.3, 0.4) is 0 Å². The van der Waals surface area contributed by atoms with E-state index in [1.807, 2.05) is 36.0 Å². The topological polar surface area (TPSA) is 17.1 Å². The number of hydrogen-bond acceptors (Lipinski definition) is 2. The number of carbonyl (C=O) groups is 1. The Labute approximate surface area is 110 Å². The Morgan fingerprint density at radius 3 is 2.88 bits per heavy atom. The van der Waals surface area contributed by atoms with Crippen molar-refractivity contribution in [1.29, 1.82) is 0 Å². The van der Waals surface area contributed by atoms with E-state index in [1.54, 1.807) is 0 Å². The number of carbonyl (C=O) groups excluding carboxylic acids is 1. The van der Waals surface area contributed by atoms with E-state index in [0.717, 1.165) is 34.8 Å². The van der Waals surface area contributed by atoms with Gasteiger partial charge in [-0.1, -0.05) is 29.8 Å². The quantitative estimate of drug-likeness (QED) is 0.757. The fourth-order valence-electron chi connectivity index (χ4n) is 2.64. The summed E-state index contributed by atoms with van der Waals surface area (Å²) in [6.45, 7) is 0. The van der Waals surface area contributed by atoms with Crippen LogP contribution in [-0.4, -0.2) is 11.5 Å². The molecule has 1 aliphatic heterocycles. The van der Waals surface area contributed by atoms with Crippen LogP contribution in [0.15, 0.2) is 34.7 Å². The van der Waals surface area contributed by atoms with Gasteiger partial charge < -0.3 is 0 Å². The minimum absolute atomic E-state index is 0.219. The Morgan fingerprint density at radius 1 is 1.24 bits per heavy atom. The summed E-state index contributed by atoms with van der Waals surface area (Å²) in [6.07, 6.45) is 2.80. The number of ketones is 1. The molecule has 88 valence electrons. The van der Waals surface area contributed by atoms with Crippen molar-refractivity contribution >= 4 is 29.1 Å². The Kier molecular flexibility index (Phi) is 3.01. The zero-order valence-electron chi connectivity index (χ0n) is 9.41. The molecule has 0 spiro atoms. The third-order valence-electron chi connectivity index (χ3n) is 3.46. The molecular weight excluding hydrogens is 252 g/mol. The van der Waals surface area contributed by atoms with Crippen molar-refractivity contribution in [3.05, 3.63) is 45.3 Å². The smallest absolute Gasteiger partial charge is 0.160 e. The molecule has 0 radical (unpaired) electrons. The van der Waals surface area contributed by atoms with Gasteiger partial charge in [-0.05, 0) is 29.4 Å². The van der Waals surface area contributed by atoms with Gasteiger partial charge in [0.1, 0.15) is 0 Å². The van der Waals surface area contributed by atoms with Gasteiger partial charge in [0, 0.05) is 28.7 Å². The number of halogens is 1. The molecule has 3 heteroatoms. The van der Waals surface area contributed by atoms with Crippen LogP contribution < -0.4 is 0 Å². The van der Waals surface area contributed by atoms with Crippen LogP contribution in [0.2, 0.25) is 5.02 Å². The third-order valence-corrected chi connectivity index (χ3v) is 5.08. The van der Waals surface area contributed by atoms with E-state index in [1.165, 1.54) is 4.91 Å². The fourth-order valence-corrected chi connectivity index (χ4v) is 4.32. The molecule has 1 aromatic rings. The zero-order chi connectivity index (χ0) is 11.8. The fraction of sp³-hybridized carbons (Fsp3) is 0.357. The van der Waals surface area contributed by atoms with Gasteiger partial charge in [0.15, 0.2) is 5.78 Å². The lowest BCUT2D eigenvalue weighted by Gasteiger charge is -2.18. The average molecular weight is 265 g/mol. The van der Waals surface area contributed by atoms with Crippen LogP contribution in [0.25, 0.3) is 0 Å². The molecule has 0 saturated heterocycles. The molecule has 0 N–H and O–H groups in total. The lowest BCUT2D eigenvalue weighted by molar-refractivity contribution is -0.116. The first-order valence-electron chi connectivity index (χ1n) is 5.91. The van der Waals surface area contributed by atoms with Crippen molar-refractivity contribution in [3.63, 3.8) is 0 Å². The lowest BCUT2D eigenvalue weighted by atomic mass is 9.85. The van der Waals surface area contributed by atoms with E-state index in [0.29, 0.717) is 12.2 Å². The second kappa shape index (κ2) is 4.51. The minimum Gasteiger partial charge on any atom is -0.295 e. The van der Waals surface area contributed by atoms with E-state index in [9.17, 15) is 4.79 Å². The first kappa shape index (κ1) is 11.4. The van der Waals surface area contributed by atoms with E-state index >= 15 is 0 Å². The summed E-state index contributed by atoms with van der Waals surface area (Å²) >= 11 is 8.08. The maximum absolute atomic E-state index is 12.1. The van der Waals surface area contributed by atoms with Crippen LogP contribution in [-0.2, 0) is 4.79 Å². The molecule has 1 atom stereocenters. The first-order valence-corrected chi connectivity index (χ1v) is 7.27. The molecule has 0 bridgehead atoms. The highest BCUT2D eigenvalue weighted by Crippen LogP contribution is 2.48. The number of rotatable bonds is 1. The molecule has 0 fully saturated rings. The van der Waals surface area contributed by atoms with Gasteiger partial charge in [-0.3, -0.25) is 4.79 Å². The van der Waals surface area contributed by atoms with Gasteiger partial charge in [0.05, 0.1) is 0 Å². The highest BCUT2D eigenvalue weighted by atomic mass is 35.5. The van der Waals surface area contributed by atoms with Gasteiger partial charge in [0.2, 0.25) is 0 Å². The average Bonchev–Trinajstić information content (AvgIpc) is 2.75. The number of allylic oxidation sites excluding steroid dienone is 2. The van der Waals surface area contributed by atoms with Crippen molar-refractivity contribution in [1.82, 2.24) is 0 Å². The molecule has 1 heterocycles.